The minimum absolute atomic E-state index is 0.456. The van der Waals surface area contributed by atoms with Crippen LogP contribution >= 0.6 is 0 Å². The zero-order valence-electron chi connectivity index (χ0n) is 18.9. The summed E-state index contributed by atoms with van der Waals surface area (Å²) in [5.74, 6) is 2.39. The summed E-state index contributed by atoms with van der Waals surface area (Å²) in [7, 11) is 0. The van der Waals surface area contributed by atoms with Crippen molar-refractivity contribution in [3.05, 3.63) is 47.6 Å². The van der Waals surface area contributed by atoms with E-state index in [1.807, 2.05) is 0 Å². The Labute approximate surface area is 178 Å². The third-order valence-electron chi connectivity index (χ3n) is 8.18. The van der Waals surface area contributed by atoms with Gasteiger partial charge in [-0.3, -0.25) is 0 Å². The van der Waals surface area contributed by atoms with Gasteiger partial charge in [-0.25, -0.2) is 0 Å². The monoisotopic (exact) mass is 398 g/mol. The second-order valence-corrected chi connectivity index (χ2v) is 10.5. The Kier molecular flexibility index (Phi) is 7.27. The highest BCUT2D eigenvalue weighted by Crippen LogP contribution is 2.58. The number of hydrogen-bond donors (Lipinski definition) is 2. The number of aliphatic hydroxyl groups is 2. The maximum Gasteiger partial charge on any atom is 0.102 e. The molecule has 162 valence electrons. The lowest BCUT2D eigenvalue weighted by Crippen LogP contribution is -2.33. The number of allylic oxidation sites excluding steroid dienone is 3. The van der Waals surface area contributed by atoms with Crippen molar-refractivity contribution in [2.75, 3.05) is 0 Å². The largest absolute Gasteiger partial charge is 0.388 e. The van der Waals surface area contributed by atoms with Gasteiger partial charge < -0.3 is 10.2 Å². The molecule has 0 aromatic carbocycles. The van der Waals surface area contributed by atoms with E-state index in [1.165, 1.54) is 57.8 Å². The second-order valence-electron chi connectivity index (χ2n) is 10.5. The van der Waals surface area contributed by atoms with Gasteiger partial charge in [0.05, 0.1) is 6.10 Å². The molecule has 3 fully saturated rings. The summed E-state index contributed by atoms with van der Waals surface area (Å²) < 4.78 is 0. The summed E-state index contributed by atoms with van der Waals surface area (Å²) in [4.78, 5) is 0. The summed E-state index contributed by atoms with van der Waals surface area (Å²) >= 11 is 0. The minimum Gasteiger partial charge on any atom is -0.388 e. The second kappa shape index (κ2) is 9.35. The van der Waals surface area contributed by atoms with Crippen LogP contribution in [0, 0.1) is 23.2 Å². The molecule has 2 N–H and O–H groups in total. The SMILES string of the molecule is C=C1/C(=C\C=C2/CCC[C@]3(C)[C@@H](CCCCC(C)C)CC[C@@H]23)C[C@@H](O)C(=C)[C@@H]1O. The van der Waals surface area contributed by atoms with Crippen molar-refractivity contribution in [1.29, 1.82) is 0 Å². The van der Waals surface area contributed by atoms with Crippen molar-refractivity contribution >= 4 is 0 Å². The first-order chi connectivity index (χ1) is 13.7. The average molecular weight is 399 g/mol. The molecule has 3 aliphatic rings. The number of aliphatic hydroxyl groups excluding tert-OH is 2. The number of rotatable bonds is 6. The summed E-state index contributed by atoms with van der Waals surface area (Å²) in [6, 6.07) is 0. The smallest absolute Gasteiger partial charge is 0.102 e. The van der Waals surface area contributed by atoms with Gasteiger partial charge >= 0.3 is 0 Å². The average Bonchev–Trinajstić information content (AvgIpc) is 3.02. The van der Waals surface area contributed by atoms with Gasteiger partial charge in [0.15, 0.2) is 0 Å². The van der Waals surface area contributed by atoms with Crippen molar-refractivity contribution in [3.63, 3.8) is 0 Å². The molecule has 2 nitrogen and oxygen atoms in total. The molecular weight excluding hydrogens is 356 g/mol. The molecule has 2 heteroatoms. The fraction of sp³-hybridized carbons (Fsp3) is 0.704. The van der Waals surface area contributed by atoms with Crippen LogP contribution in [-0.4, -0.2) is 22.4 Å². The third-order valence-corrected chi connectivity index (χ3v) is 8.18. The molecule has 0 aromatic rings. The normalized spacial score (nSPS) is 38.3. The Morgan fingerprint density at radius 2 is 1.90 bits per heavy atom. The first-order valence-electron chi connectivity index (χ1n) is 11.9. The zero-order chi connectivity index (χ0) is 21.2. The van der Waals surface area contributed by atoms with Gasteiger partial charge in [0.2, 0.25) is 0 Å². The van der Waals surface area contributed by atoms with Crippen LogP contribution in [0.15, 0.2) is 47.6 Å². The Balaban J connectivity index is 1.69. The molecule has 0 aromatic heterocycles. The van der Waals surface area contributed by atoms with E-state index in [4.69, 9.17) is 0 Å². The van der Waals surface area contributed by atoms with Crippen LogP contribution in [0.2, 0.25) is 0 Å². The standard InChI is InChI=1S/C27H42O2/c1-18(2)9-6-7-11-23-14-15-24-21(10-8-16-27(23,24)5)12-13-22-17-25(28)20(4)26(29)19(22)3/h12-13,18,23-26,28-29H,3-4,6-11,14-17H2,1-2,5H3/b21-12+,22-13-/t23-,24-,25+,26+,27+/m0/s1. The van der Waals surface area contributed by atoms with E-state index >= 15 is 0 Å². The van der Waals surface area contributed by atoms with Gasteiger partial charge in [-0.05, 0) is 78.4 Å². The fourth-order valence-corrected chi connectivity index (χ4v) is 6.20. The fourth-order valence-electron chi connectivity index (χ4n) is 6.20. The van der Waals surface area contributed by atoms with Gasteiger partial charge in [0.1, 0.15) is 6.10 Å². The first-order valence-corrected chi connectivity index (χ1v) is 11.9. The number of unbranched alkanes of at least 4 members (excludes halogenated alkanes) is 1. The minimum atomic E-state index is -0.818. The van der Waals surface area contributed by atoms with Crippen LogP contribution in [-0.2, 0) is 0 Å². The maximum atomic E-state index is 10.3. The molecule has 29 heavy (non-hydrogen) atoms. The Morgan fingerprint density at radius 1 is 1.14 bits per heavy atom. The molecule has 3 aliphatic carbocycles. The highest BCUT2D eigenvalue weighted by Gasteiger charge is 2.48. The van der Waals surface area contributed by atoms with Crippen molar-refractivity contribution in [1.82, 2.24) is 0 Å². The predicted octanol–water partition coefficient (Wildman–Crippen LogP) is 6.51. The van der Waals surface area contributed by atoms with E-state index < -0.39 is 12.2 Å². The molecule has 0 amide bonds. The molecule has 0 radical (unpaired) electrons. The molecule has 0 saturated heterocycles. The molecule has 0 spiro atoms. The highest BCUT2D eigenvalue weighted by atomic mass is 16.3. The van der Waals surface area contributed by atoms with Crippen molar-refractivity contribution in [2.24, 2.45) is 23.2 Å². The Bertz CT molecular complexity index is 683. The molecule has 0 unspecified atom stereocenters. The molecule has 0 bridgehead atoms. The summed E-state index contributed by atoms with van der Waals surface area (Å²) in [6.07, 6.45) is 15.5. The molecule has 3 rings (SSSR count). The van der Waals surface area contributed by atoms with Crippen LogP contribution in [0.3, 0.4) is 0 Å². The highest BCUT2D eigenvalue weighted by molar-refractivity contribution is 5.45. The van der Waals surface area contributed by atoms with Gasteiger partial charge in [0, 0.05) is 6.42 Å². The molecule has 5 atom stereocenters. The third kappa shape index (κ3) is 4.80. The Morgan fingerprint density at radius 3 is 2.62 bits per heavy atom. The summed E-state index contributed by atoms with van der Waals surface area (Å²) in [5.41, 5.74) is 4.18. The topological polar surface area (TPSA) is 40.5 Å². The zero-order valence-corrected chi connectivity index (χ0v) is 18.9. The van der Waals surface area contributed by atoms with Crippen molar-refractivity contribution < 1.29 is 10.2 Å². The van der Waals surface area contributed by atoms with Crippen LogP contribution in [0.5, 0.6) is 0 Å². The summed E-state index contributed by atoms with van der Waals surface area (Å²) in [5, 5.41) is 20.4. The van der Waals surface area contributed by atoms with Crippen LogP contribution in [0.1, 0.15) is 85.0 Å². The van der Waals surface area contributed by atoms with E-state index in [-0.39, 0.29) is 0 Å². The quantitative estimate of drug-likeness (QED) is 0.395. The number of fused-ring (bicyclic) bond motifs is 1. The van der Waals surface area contributed by atoms with Gasteiger partial charge in [0.25, 0.3) is 0 Å². The van der Waals surface area contributed by atoms with Gasteiger partial charge in [-0.2, -0.15) is 0 Å². The van der Waals surface area contributed by atoms with E-state index in [0.29, 0.717) is 28.9 Å². The van der Waals surface area contributed by atoms with Crippen LogP contribution in [0.4, 0.5) is 0 Å². The lowest BCUT2D eigenvalue weighted by atomic mass is 9.62. The lowest BCUT2D eigenvalue weighted by Gasteiger charge is -2.42. The van der Waals surface area contributed by atoms with Crippen molar-refractivity contribution in [3.8, 4) is 0 Å². The van der Waals surface area contributed by atoms with Gasteiger partial charge in [-0.1, -0.05) is 70.9 Å². The lowest BCUT2D eigenvalue weighted by molar-refractivity contribution is 0.127. The van der Waals surface area contributed by atoms with E-state index in [1.54, 1.807) is 5.57 Å². The molecule has 0 heterocycles. The molecule has 3 saturated carbocycles. The maximum absolute atomic E-state index is 10.3. The summed E-state index contributed by atoms with van der Waals surface area (Å²) in [6.45, 7) is 15.1. The van der Waals surface area contributed by atoms with E-state index in [9.17, 15) is 10.2 Å². The van der Waals surface area contributed by atoms with Crippen LogP contribution < -0.4 is 0 Å². The molecule has 0 aliphatic heterocycles. The van der Waals surface area contributed by atoms with E-state index in [2.05, 4.69) is 46.1 Å². The van der Waals surface area contributed by atoms with Crippen molar-refractivity contribution in [2.45, 2.75) is 97.2 Å². The van der Waals surface area contributed by atoms with E-state index in [0.717, 1.165) is 17.4 Å². The number of hydrogen-bond acceptors (Lipinski definition) is 2. The Hall–Kier alpha value is -1.12. The predicted molar refractivity (Wildman–Crippen MR) is 123 cm³/mol. The first kappa shape index (κ1) is 22.6. The van der Waals surface area contributed by atoms with Crippen LogP contribution in [0.25, 0.3) is 0 Å². The van der Waals surface area contributed by atoms with Gasteiger partial charge in [-0.15, -0.1) is 0 Å². The molecular formula is C27H42O2.